The third kappa shape index (κ3) is 4.09. The Morgan fingerprint density at radius 1 is 1.16 bits per heavy atom. The fourth-order valence-electron chi connectivity index (χ4n) is 3.52. The molecule has 1 saturated heterocycles. The summed E-state index contributed by atoms with van der Waals surface area (Å²) < 4.78 is 1.82. The van der Waals surface area contributed by atoms with E-state index in [1.807, 2.05) is 29.7 Å². The Labute approximate surface area is 193 Å². The zero-order valence-corrected chi connectivity index (χ0v) is 18.7. The molecule has 0 radical (unpaired) electrons. The molecule has 164 valence electrons. The lowest BCUT2D eigenvalue weighted by molar-refractivity contribution is -0.138. The van der Waals surface area contributed by atoms with Crippen molar-refractivity contribution >= 4 is 41.2 Å². The van der Waals surface area contributed by atoms with Crippen LogP contribution in [0.1, 0.15) is 18.9 Å². The number of hydrogen-bond donors (Lipinski definition) is 2. The summed E-state index contributed by atoms with van der Waals surface area (Å²) in [6, 6.07) is 15.5. The molecule has 1 atom stereocenters. The summed E-state index contributed by atoms with van der Waals surface area (Å²) in [5.74, 6) is -1.05. The van der Waals surface area contributed by atoms with E-state index < -0.39 is 23.4 Å². The van der Waals surface area contributed by atoms with Gasteiger partial charge in [-0.3, -0.25) is 19.6 Å². The van der Waals surface area contributed by atoms with Crippen LogP contribution >= 0.6 is 23.4 Å². The van der Waals surface area contributed by atoms with E-state index >= 15 is 0 Å². The number of carbonyl (C=O) groups is 3. The zero-order chi connectivity index (χ0) is 22.7. The van der Waals surface area contributed by atoms with E-state index in [1.165, 1.54) is 11.8 Å². The lowest BCUT2D eigenvalue weighted by atomic mass is 9.87. The topological polar surface area (TPSA) is 96.3 Å². The highest BCUT2D eigenvalue weighted by Gasteiger charge is 2.52. The number of hydrogen-bond acceptors (Lipinski definition) is 5. The normalized spacial score (nSPS) is 18.0. The Hall–Kier alpha value is -3.30. The number of hydrazine groups is 1. The molecule has 4 rings (SSSR count). The molecule has 10 heteroatoms. The van der Waals surface area contributed by atoms with Gasteiger partial charge in [0.25, 0.3) is 5.91 Å². The van der Waals surface area contributed by atoms with Gasteiger partial charge in [-0.05, 0) is 36.2 Å². The van der Waals surface area contributed by atoms with E-state index in [-0.39, 0.29) is 5.75 Å². The van der Waals surface area contributed by atoms with Crippen molar-refractivity contribution in [2.75, 3.05) is 5.75 Å². The zero-order valence-electron chi connectivity index (χ0n) is 17.1. The number of thioether (sulfide) groups is 1. The molecule has 2 N–H and O–H groups in total. The molecule has 4 amide bonds. The van der Waals surface area contributed by atoms with Gasteiger partial charge in [0.05, 0.1) is 5.75 Å². The maximum atomic E-state index is 13.1. The average Bonchev–Trinajstić information content (AvgIpc) is 3.37. The minimum atomic E-state index is -1.20. The summed E-state index contributed by atoms with van der Waals surface area (Å²) in [6.45, 7) is 1.81. The van der Waals surface area contributed by atoms with Gasteiger partial charge < -0.3 is 5.32 Å². The van der Waals surface area contributed by atoms with Crippen LogP contribution in [-0.2, 0) is 15.1 Å². The van der Waals surface area contributed by atoms with Gasteiger partial charge in [-0.25, -0.2) is 9.78 Å². The van der Waals surface area contributed by atoms with Crippen molar-refractivity contribution in [3.05, 3.63) is 77.6 Å². The number of carbonyl (C=O) groups excluding carboxylic acids is 3. The molecule has 1 fully saturated rings. The van der Waals surface area contributed by atoms with Crippen molar-refractivity contribution in [2.24, 2.45) is 0 Å². The van der Waals surface area contributed by atoms with Crippen LogP contribution in [0.3, 0.4) is 0 Å². The smallest absolute Gasteiger partial charge is 0.318 e. The largest absolute Gasteiger partial charge is 0.344 e. The Morgan fingerprint density at radius 3 is 2.56 bits per heavy atom. The van der Waals surface area contributed by atoms with Crippen molar-refractivity contribution in [3.63, 3.8) is 0 Å². The molecule has 1 aromatic heterocycles. The van der Waals surface area contributed by atoms with Crippen LogP contribution in [0.15, 0.2) is 72.1 Å². The summed E-state index contributed by atoms with van der Waals surface area (Å²) >= 11 is 7.13. The van der Waals surface area contributed by atoms with Crippen LogP contribution in [0, 0.1) is 0 Å². The third-order valence-electron chi connectivity index (χ3n) is 5.17. The van der Waals surface area contributed by atoms with E-state index in [9.17, 15) is 14.4 Å². The van der Waals surface area contributed by atoms with E-state index in [0.717, 1.165) is 10.7 Å². The minimum absolute atomic E-state index is 0.0356. The molecule has 2 aromatic carbocycles. The van der Waals surface area contributed by atoms with Gasteiger partial charge in [0.1, 0.15) is 5.54 Å². The number of rotatable bonds is 7. The SMILES string of the molecule is CCC1(c2ccccc2)NC(=O)N(NC(=O)CSc2nccn2-c2ccc(Cl)cc2)C1=O. The fourth-order valence-corrected chi connectivity index (χ4v) is 4.41. The first kappa shape index (κ1) is 21.9. The second kappa shape index (κ2) is 9.05. The standard InChI is InChI=1S/C22H20ClN5O3S/c1-2-22(15-6-4-3-5-7-15)19(30)28(20(31)25-22)26-18(29)14-32-21-24-12-13-27(21)17-10-8-16(23)9-11-17/h3-13H,2,14H2,1H3,(H,25,31)(H,26,29). The van der Waals surface area contributed by atoms with Crippen LogP contribution in [0.25, 0.3) is 5.69 Å². The molecule has 3 aromatic rings. The highest BCUT2D eigenvalue weighted by Crippen LogP contribution is 2.31. The van der Waals surface area contributed by atoms with Crippen molar-refractivity contribution in [3.8, 4) is 5.69 Å². The molecule has 1 unspecified atom stereocenters. The lowest BCUT2D eigenvalue weighted by Gasteiger charge is -2.25. The predicted octanol–water partition coefficient (Wildman–Crippen LogP) is 3.51. The summed E-state index contributed by atoms with van der Waals surface area (Å²) in [7, 11) is 0. The van der Waals surface area contributed by atoms with Crippen LogP contribution in [0.4, 0.5) is 4.79 Å². The van der Waals surface area contributed by atoms with Crippen LogP contribution in [0.5, 0.6) is 0 Å². The predicted molar refractivity (Wildman–Crippen MR) is 121 cm³/mol. The van der Waals surface area contributed by atoms with E-state index in [2.05, 4.69) is 15.7 Å². The highest BCUT2D eigenvalue weighted by molar-refractivity contribution is 7.99. The van der Waals surface area contributed by atoms with Crippen LogP contribution in [0.2, 0.25) is 5.02 Å². The maximum absolute atomic E-state index is 13.1. The van der Waals surface area contributed by atoms with Gasteiger partial charge in [0.2, 0.25) is 5.91 Å². The quantitative estimate of drug-likeness (QED) is 0.408. The highest BCUT2D eigenvalue weighted by atomic mass is 35.5. The van der Waals surface area contributed by atoms with Gasteiger partial charge in [0, 0.05) is 23.1 Å². The van der Waals surface area contributed by atoms with E-state index in [1.54, 1.807) is 48.8 Å². The van der Waals surface area contributed by atoms with Crippen molar-refractivity contribution in [2.45, 2.75) is 24.0 Å². The Bertz CT molecular complexity index is 1150. The molecule has 0 saturated carbocycles. The van der Waals surface area contributed by atoms with E-state index in [4.69, 9.17) is 11.6 Å². The molecule has 1 aliphatic rings. The van der Waals surface area contributed by atoms with Gasteiger partial charge in [-0.2, -0.15) is 5.01 Å². The van der Waals surface area contributed by atoms with Crippen molar-refractivity contribution in [1.82, 2.24) is 25.3 Å². The summed E-state index contributed by atoms with van der Waals surface area (Å²) in [6.07, 6.45) is 3.75. The number of amides is 4. The fraction of sp³-hybridized carbons (Fsp3) is 0.182. The minimum Gasteiger partial charge on any atom is -0.318 e. The number of nitrogens with one attached hydrogen (secondary N) is 2. The third-order valence-corrected chi connectivity index (χ3v) is 6.39. The number of halogens is 1. The number of imide groups is 1. The molecule has 32 heavy (non-hydrogen) atoms. The van der Waals surface area contributed by atoms with Gasteiger partial charge in [0.15, 0.2) is 5.16 Å². The number of benzene rings is 2. The molecule has 8 nitrogen and oxygen atoms in total. The van der Waals surface area contributed by atoms with Gasteiger partial charge in [-0.15, -0.1) is 0 Å². The Morgan fingerprint density at radius 2 is 1.88 bits per heavy atom. The Kier molecular flexibility index (Phi) is 6.20. The molecule has 2 heterocycles. The molecular formula is C22H20ClN5O3S. The van der Waals surface area contributed by atoms with E-state index in [0.29, 0.717) is 22.2 Å². The molecule has 0 bridgehead atoms. The number of urea groups is 1. The first-order chi connectivity index (χ1) is 15.4. The molecular weight excluding hydrogens is 450 g/mol. The molecule has 0 aliphatic carbocycles. The maximum Gasteiger partial charge on any atom is 0.344 e. The van der Waals surface area contributed by atoms with Gasteiger partial charge in [-0.1, -0.05) is 60.6 Å². The Balaban J connectivity index is 1.43. The summed E-state index contributed by atoms with van der Waals surface area (Å²) in [4.78, 5) is 42.4. The number of nitrogens with zero attached hydrogens (tertiary/aromatic N) is 3. The van der Waals surface area contributed by atoms with Crippen LogP contribution in [-0.4, -0.2) is 38.2 Å². The second-order valence-electron chi connectivity index (χ2n) is 7.08. The molecule has 0 spiro atoms. The van der Waals surface area contributed by atoms with Gasteiger partial charge >= 0.3 is 6.03 Å². The van der Waals surface area contributed by atoms with Crippen LogP contribution < -0.4 is 10.7 Å². The summed E-state index contributed by atoms with van der Waals surface area (Å²) in [5, 5.41) is 4.70. The first-order valence-corrected chi connectivity index (χ1v) is 11.2. The lowest BCUT2D eigenvalue weighted by Crippen LogP contribution is -2.49. The second-order valence-corrected chi connectivity index (χ2v) is 8.45. The number of aromatic nitrogens is 2. The van der Waals surface area contributed by atoms with Crippen molar-refractivity contribution in [1.29, 1.82) is 0 Å². The summed E-state index contributed by atoms with van der Waals surface area (Å²) in [5.41, 5.74) is 2.73. The average molecular weight is 470 g/mol. The number of imidazole rings is 1. The monoisotopic (exact) mass is 469 g/mol. The molecule has 1 aliphatic heterocycles. The van der Waals surface area contributed by atoms with Crippen molar-refractivity contribution < 1.29 is 14.4 Å². The first-order valence-electron chi connectivity index (χ1n) is 9.88.